The van der Waals surface area contributed by atoms with Crippen LogP contribution in [0.3, 0.4) is 0 Å². The van der Waals surface area contributed by atoms with Gasteiger partial charge in [-0.1, -0.05) is 19.3 Å². The van der Waals surface area contributed by atoms with Gasteiger partial charge in [-0.05, 0) is 44.9 Å². The van der Waals surface area contributed by atoms with Crippen molar-refractivity contribution in [2.75, 3.05) is 12.8 Å². The summed E-state index contributed by atoms with van der Waals surface area (Å²) in [6.07, 6.45) is 11.0. The average molecular weight is 329 g/mol. The van der Waals surface area contributed by atoms with Crippen molar-refractivity contribution in [2.45, 2.75) is 80.7 Å². The summed E-state index contributed by atoms with van der Waals surface area (Å²) in [4.78, 5) is 12.4. The summed E-state index contributed by atoms with van der Waals surface area (Å²) in [5, 5.41) is 2.85. The Bertz CT molecular complexity index is 532. The van der Waals surface area contributed by atoms with E-state index in [0.717, 1.165) is 32.1 Å². The summed E-state index contributed by atoms with van der Waals surface area (Å²) in [6, 6.07) is 0. The molecule has 0 radical (unpaired) electrons. The van der Waals surface area contributed by atoms with E-state index in [0.29, 0.717) is 19.4 Å². The topological polar surface area (TPSA) is 72.5 Å². The van der Waals surface area contributed by atoms with E-state index in [9.17, 15) is 13.2 Å². The van der Waals surface area contributed by atoms with Gasteiger partial charge in [0.05, 0.1) is 11.7 Å². The molecule has 2 saturated carbocycles. The molecule has 3 aliphatic rings. The third-order valence-electron chi connectivity index (χ3n) is 5.88. The van der Waals surface area contributed by atoms with Crippen LogP contribution in [0, 0.1) is 0 Å². The van der Waals surface area contributed by atoms with Crippen LogP contribution in [0.15, 0.2) is 0 Å². The molecular weight excluding hydrogens is 302 g/mol. The zero-order valence-corrected chi connectivity index (χ0v) is 14.2. The number of carbonyl (C=O) groups excluding carboxylic acids is 1. The lowest BCUT2D eigenvalue weighted by molar-refractivity contribution is -0.127. The maximum absolute atomic E-state index is 12.4. The normalized spacial score (nSPS) is 30.0. The van der Waals surface area contributed by atoms with Gasteiger partial charge in [-0.15, -0.1) is 0 Å². The van der Waals surface area contributed by atoms with Gasteiger partial charge in [0, 0.05) is 12.8 Å². The smallest absolute Gasteiger partial charge is 0.241 e. The Morgan fingerprint density at radius 3 is 2.32 bits per heavy atom. The van der Waals surface area contributed by atoms with E-state index in [4.69, 9.17) is 4.74 Å². The van der Waals surface area contributed by atoms with E-state index in [-0.39, 0.29) is 17.6 Å². The molecule has 0 aromatic rings. The van der Waals surface area contributed by atoms with Crippen LogP contribution in [0.2, 0.25) is 0 Å². The second kappa shape index (κ2) is 5.78. The largest absolute Gasteiger partial charge is 0.370 e. The molecule has 1 heterocycles. The maximum atomic E-state index is 12.4. The molecule has 1 aliphatic heterocycles. The number of amides is 1. The molecule has 0 aromatic heterocycles. The molecule has 1 saturated heterocycles. The molecule has 3 rings (SSSR count). The Hall–Kier alpha value is -0.620. The Morgan fingerprint density at radius 1 is 1.09 bits per heavy atom. The van der Waals surface area contributed by atoms with Gasteiger partial charge in [0.25, 0.3) is 0 Å². The fraction of sp³-hybridized carbons (Fsp3) is 0.938. The minimum atomic E-state index is -3.35. The molecular formula is C16H27NO4S. The lowest BCUT2D eigenvalue weighted by Crippen LogP contribution is -2.57. The summed E-state index contributed by atoms with van der Waals surface area (Å²) >= 11 is 0. The van der Waals surface area contributed by atoms with Crippen LogP contribution in [-0.2, 0) is 19.4 Å². The van der Waals surface area contributed by atoms with E-state index in [1.807, 2.05) is 0 Å². The van der Waals surface area contributed by atoms with Gasteiger partial charge < -0.3 is 10.1 Å². The van der Waals surface area contributed by atoms with Crippen LogP contribution >= 0.6 is 0 Å². The van der Waals surface area contributed by atoms with Crippen molar-refractivity contribution in [1.29, 1.82) is 0 Å². The van der Waals surface area contributed by atoms with Crippen LogP contribution in [0.1, 0.15) is 64.2 Å². The fourth-order valence-corrected chi connectivity index (χ4v) is 5.67. The molecule has 126 valence electrons. The summed E-state index contributed by atoms with van der Waals surface area (Å²) in [6.45, 7) is 0.442. The fourth-order valence-electron chi connectivity index (χ4n) is 4.23. The van der Waals surface area contributed by atoms with Crippen LogP contribution < -0.4 is 5.32 Å². The number of hydrogen-bond acceptors (Lipinski definition) is 4. The van der Waals surface area contributed by atoms with E-state index in [1.165, 1.54) is 25.5 Å². The molecule has 3 fully saturated rings. The Kier molecular flexibility index (Phi) is 4.27. The Balaban J connectivity index is 1.54. The number of nitrogens with one attached hydrogen (secondary N) is 1. The lowest BCUT2D eigenvalue weighted by atomic mass is 9.83. The highest BCUT2D eigenvalue weighted by atomic mass is 32.2. The van der Waals surface area contributed by atoms with Crippen molar-refractivity contribution in [2.24, 2.45) is 0 Å². The van der Waals surface area contributed by atoms with Crippen molar-refractivity contribution < 1.29 is 17.9 Å². The van der Waals surface area contributed by atoms with Crippen LogP contribution in [-0.4, -0.2) is 43.6 Å². The molecule has 1 unspecified atom stereocenters. The number of ether oxygens (including phenoxy) is 1. The highest BCUT2D eigenvalue weighted by Gasteiger charge is 2.53. The van der Waals surface area contributed by atoms with Gasteiger partial charge in [-0.2, -0.15) is 0 Å². The van der Waals surface area contributed by atoms with Crippen molar-refractivity contribution in [1.82, 2.24) is 5.32 Å². The standard InChI is InChI=1S/C16H27NO4S/c1-22(19,20)16(9-5-10-16)14(18)17-12-13-6-11-15(21-13)7-3-2-4-8-15/h13H,2-12H2,1H3,(H,17,18). The highest BCUT2D eigenvalue weighted by Crippen LogP contribution is 2.42. The highest BCUT2D eigenvalue weighted by molar-refractivity contribution is 7.93. The van der Waals surface area contributed by atoms with Gasteiger partial charge in [-0.25, -0.2) is 8.42 Å². The molecule has 0 aromatic carbocycles. The van der Waals surface area contributed by atoms with Crippen LogP contribution in [0.4, 0.5) is 0 Å². The van der Waals surface area contributed by atoms with Crippen molar-refractivity contribution in [3.63, 3.8) is 0 Å². The van der Waals surface area contributed by atoms with Crippen molar-refractivity contribution >= 4 is 15.7 Å². The number of hydrogen-bond donors (Lipinski definition) is 1. The van der Waals surface area contributed by atoms with Gasteiger partial charge >= 0.3 is 0 Å². The monoisotopic (exact) mass is 329 g/mol. The van der Waals surface area contributed by atoms with Crippen LogP contribution in [0.25, 0.3) is 0 Å². The van der Waals surface area contributed by atoms with Crippen molar-refractivity contribution in [3.8, 4) is 0 Å². The van der Waals surface area contributed by atoms with E-state index in [1.54, 1.807) is 0 Å². The molecule has 1 atom stereocenters. The van der Waals surface area contributed by atoms with E-state index in [2.05, 4.69) is 5.32 Å². The third kappa shape index (κ3) is 2.80. The molecule has 1 amide bonds. The van der Waals surface area contributed by atoms with Gasteiger partial charge in [0.1, 0.15) is 4.75 Å². The number of carbonyl (C=O) groups is 1. The summed E-state index contributed by atoms with van der Waals surface area (Å²) in [5.41, 5.74) is 0.0403. The first-order chi connectivity index (χ1) is 10.4. The molecule has 1 spiro atoms. The quantitative estimate of drug-likeness (QED) is 0.855. The molecule has 1 N–H and O–H groups in total. The van der Waals surface area contributed by atoms with E-state index >= 15 is 0 Å². The molecule has 6 heteroatoms. The second-order valence-corrected chi connectivity index (χ2v) is 9.68. The first-order valence-electron chi connectivity index (χ1n) is 8.53. The third-order valence-corrected chi connectivity index (χ3v) is 7.89. The summed E-state index contributed by atoms with van der Waals surface area (Å²) in [5.74, 6) is -0.325. The summed E-state index contributed by atoms with van der Waals surface area (Å²) < 4.78 is 28.9. The first-order valence-corrected chi connectivity index (χ1v) is 10.4. The Morgan fingerprint density at radius 2 is 1.77 bits per heavy atom. The van der Waals surface area contributed by atoms with E-state index < -0.39 is 14.6 Å². The molecule has 5 nitrogen and oxygen atoms in total. The number of sulfone groups is 1. The van der Waals surface area contributed by atoms with Crippen LogP contribution in [0.5, 0.6) is 0 Å². The first kappa shape index (κ1) is 16.2. The second-order valence-electron chi connectivity index (χ2n) is 7.35. The predicted molar refractivity (Wildman–Crippen MR) is 84.4 cm³/mol. The number of rotatable bonds is 4. The molecule has 2 aliphatic carbocycles. The Labute approximate surface area is 133 Å². The zero-order valence-electron chi connectivity index (χ0n) is 13.4. The minimum absolute atomic E-state index is 0.0403. The molecule has 22 heavy (non-hydrogen) atoms. The minimum Gasteiger partial charge on any atom is -0.370 e. The van der Waals surface area contributed by atoms with Gasteiger partial charge in [0.15, 0.2) is 9.84 Å². The molecule has 0 bridgehead atoms. The summed E-state index contributed by atoms with van der Waals surface area (Å²) in [7, 11) is -3.35. The van der Waals surface area contributed by atoms with Crippen molar-refractivity contribution in [3.05, 3.63) is 0 Å². The van der Waals surface area contributed by atoms with Gasteiger partial charge in [-0.3, -0.25) is 4.79 Å². The lowest BCUT2D eigenvalue weighted by Gasteiger charge is -2.38. The predicted octanol–water partition coefficient (Wildman–Crippen LogP) is 1.95. The van der Waals surface area contributed by atoms with Gasteiger partial charge in [0.2, 0.25) is 5.91 Å². The zero-order chi connectivity index (χ0) is 15.8. The maximum Gasteiger partial charge on any atom is 0.241 e. The average Bonchev–Trinajstić information content (AvgIpc) is 2.77. The SMILES string of the molecule is CS(=O)(=O)C1(C(=O)NCC2CCC3(CCCCC3)O2)CCC1.